The molecule has 0 unspecified atom stereocenters. The molecule has 5 nitrogen and oxygen atoms in total. The Morgan fingerprint density at radius 3 is 2.32 bits per heavy atom. The van der Waals surface area contributed by atoms with Crippen LogP contribution in [0.3, 0.4) is 0 Å². The normalized spacial score (nSPS) is 11.6. The van der Waals surface area contributed by atoms with Crippen molar-refractivity contribution in [1.82, 2.24) is 5.32 Å². The van der Waals surface area contributed by atoms with E-state index in [2.05, 4.69) is 5.32 Å². The molecular formula is C14H17NO4. The van der Waals surface area contributed by atoms with Gasteiger partial charge in [0.1, 0.15) is 11.8 Å². The van der Waals surface area contributed by atoms with Crippen molar-refractivity contribution >= 4 is 17.7 Å². The van der Waals surface area contributed by atoms with Gasteiger partial charge in [0.15, 0.2) is 0 Å². The molecule has 0 aliphatic rings. The molecule has 2 N–H and O–H groups in total. The first-order valence-corrected chi connectivity index (χ1v) is 6.04. The molecule has 0 radical (unpaired) electrons. The molecule has 0 aliphatic carbocycles. The number of carbonyl (C=O) groups excluding carboxylic acids is 2. The monoisotopic (exact) mass is 263 g/mol. The Bertz CT molecular complexity index is 456. The second-order valence-corrected chi connectivity index (χ2v) is 4.35. The fraction of sp³-hybridized carbons (Fsp3) is 0.357. The van der Waals surface area contributed by atoms with Crippen LogP contribution in [0.25, 0.3) is 0 Å². The van der Waals surface area contributed by atoms with Crippen molar-refractivity contribution in [1.29, 1.82) is 0 Å². The number of hydrogen-bond donors (Lipinski definition) is 2. The van der Waals surface area contributed by atoms with Crippen molar-refractivity contribution in [3.8, 4) is 0 Å². The number of rotatable bonds is 7. The highest BCUT2D eigenvalue weighted by atomic mass is 16.4. The first-order chi connectivity index (χ1) is 8.99. The first-order valence-electron chi connectivity index (χ1n) is 6.04. The molecule has 102 valence electrons. The van der Waals surface area contributed by atoms with Crippen LogP contribution in [-0.2, 0) is 20.8 Å². The molecule has 0 aromatic heterocycles. The third kappa shape index (κ3) is 5.81. The average molecular weight is 263 g/mol. The summed E-state index contributed by atoms with van der Waals surface area (Å²) in [4.78, 5) is 33.4. The molecule has 0 bridgehead atoms. The highest BCUT2D eigenvalue weighted by Gasteiger charge is 2.20. The maximum atomic E-state index is 11.5. The Kier molecular flexibility index (Phi) is 5.73. The summed E-state index contributed by atoms with van der Waals surface area (Å²) in [6.07, 6.45) is 0.374. The van der Waals surface area contributed by atoms with Crippen LogP contribution in [0.5, 0.6) is 0 Å². The highest BCUT2D eigenvalue weighted by Crippen LogP contribution is 2.04. The van der Waals surface area contributed by atoms with E-state index in [0.29, 0.717) is 0 Å². The number of nitrogens with one attached hydrogen (secondary N) is 1. The Morgan fingerprint density at radius 1 is 1.16 bits per heavy atom. The van der Waals surface area contributed by atoms with Gasteiger partial charge in [-0.1, -0.05) is 30.3 Å². The predicted octanol–water partition coefficient (Wildman–Crippen LogP) is 1.17. The SMILES string of the molecule is CC(=O)CCC(=O)N[C@@H](Cc1ccccc1)C(=O)O. The standard InChI is InChI=1S/C14H17NO4/c1-10(16)7-8-13(17)15-12(14(18)19)9-11-5-3-2-4-6-11/h2-6,12H,7-9H2,1H3,(H,15,17)(H,18,19)/t12-/m0/s1. The van der Waals surface area contributed by atoms with Gasteiger partial charge in [0.25, 0.3) is 0 Å². The van der Waals surface area contributed by atoms with Crippen LogP contribution in [0.2, 0.25) is 0 Å². The maximum Gasteiger partial charge on any atom is 0.326 e. The minimum atomic E-state index is -1.08. The molecule has 5 heteroatoms. The molecule has 1 aromatic rings. The summed E-state index contributed by atoms with van der Waals surface area (Å²) in [5.74, 6) is -1.59. The van der Waals surface area contributed by atoms with Gasteiger partial charge in [0.2, 0.25) is 5.91 Å². The summed E-state index contributed by atoms with van der Waals surface area (Å²) < 4.78 is 0. The second kappa shape index (κ2) is 7.31. The van der Waals surface area contributed by atoms with Crippen LogP contribution >= 0.6 is 0 Å². The lowest BCUT2D eigenvalue weighted by Gasteiger charge is -2.14. The molecule has 19 heavy (non-hydrogen) atoms. The largest absolute Gasteiger partial charge is 0.480 e. The number of Topliss-reactive ketones (excluding diaryl/α,β-unsaturated/α-hetero) is 1. The third-order valence-corrected chi connectivity index (χ3v) is 2.62. The molecule has 1 amide bonds. The minimum Gasteiger partial charge on any atom is -0.480 e. The van der Waals surface area contributed by atoms with Gasteiger partial charge in [0.05, 0.1) is 0 Å². The van der Waals surface area contributed by atoms with Gasteiger partial charge in [-0.05, 0) is 12.5 Å². The lowest BCUT2D eigenvalue weighted by Crippen LogP contribution is -2.42. The van der Waals surface area contributed by atoms with E-state index in [1.165, 1.54) is 6.92 Å². The topological polar surface area (TPSA) is 83.5 Å². The van der Waals surface area contributed by atoms with E-state index in [0.717, 1.165) is 5.56 Å². The molecule has 1 rings (SSSR count). The fourth-order valence-electron chi connectivity index (χ4n) is 1.61. The number of benzene rings is 1. The van der Waals surface area contributed by atoms with E-state index in [9.17, 15) is 14.4 Å². The Balaban J connectivity index is 2.56. The zero-order valence-corrected chi connectivity index (χ0v) is 10.8. The van der Waals surface area contributed by atoms with E-state index < -0.39 is 17.9 Å². The summed E-state index contributed by atoms with van der Waals surface area (Å²) in [5, 5.41) is 11.5. The zero-order valence-electron chi connectivity index (χ0n) is 10.8. The van der Waals surface area contributed by atoms with E-state index in [1.54, 1.807) is 12.1 Å². The number of carboxylic acids is 1. The summed E-state index contributed by atoms with van der Waals surface area (Å²) in [6, 6.07) is 8.10. The molecule has 0 spiro atoms. The quantitative estimate of drug-likeness (QED) is 0.773. The van der Waals surface area contributed by atoms with E-state index >= 15 is 0 Å². The molecule has 1 atom stereocenters. The number of carboxylic acid groups (broad SMARTS) is 1. The van der Waals surface area contributed by atoms with Gasteiger partial charge in [0, 0.05) is 19.3 Å². The van der Waals surface area contributed by atoms with Gasteiger partial charge in [-0.3, -0.25) is 4.79 Å². The number of aliphatic carboxylic acids is 1. The van der Waals surface area contributed by atoms with Gasteiger partial charge >= 0.3 is 5.97 Å². The number of carbonyl (C=O) groups is 3. The minimum absolute atomic E-state index is 0.0217. The lowest BCUT2D eigenvalue weighted by atomic mass is 10.1. The smallest absolute Gasteiger partial charge is 0.326 e. The van der Waals surface area contributed by atoms with Crippen LogP contribution in [0, 0.1) is 0 Å². The van der Waals surface area contributed by atoms with Crippen molar-refractivity contribution in [3.05, 3.63) is 35.9 Å². The first kappa shape index (κ1) is 14.9. The number of hydrogen-bond acceptors (Lipinski definition) is 3. The fourth-order valence-corrected chi connectivity index (χ4v) is 1.61. The average Bonchev–Trinajstić information content (AvgIpc) is 2.36. The Morgan fingerprint density at radius 2 is 1.79 bits per heavy atom. The molecule has 0 aliphatic heterocycles. The van der Waals surface area contributed by atoms with Gasteiger partial charge in [-0.2, -0.15) is 0 Å². The lowest BCUT2D eigenvalue weighted by molar-refractivity contribution is -0.141. The predicted molar refractivity (Wildman–Crippen MR) is 69.6 cm³/mol. The van der Waals surface area contributed by atoms with Crippen LogP contribution in [0.4, 0.5) is 0 Å². The van der Waals surface area contributed by atoms with Crippen molar-refractivity contribution in [3.63, 3.8) is 0 Å². The van der Waals surface area contributed by atoms with Crippen LogP contribution in [0.1, 0.15) is 25.3 Å². The molecule has 0 fully saturated rings. The number of amides is 1. The van der Waals surface area contributed by atoms with Crippen LogP contribution in [0.15, 0.2) is 30.3 Å². The second-order valence-electron chi connectivity index (χ2n) is 4.35. The zero-order chi connectivity index (χ0) is 14.3. The molecule has 0 heterocycles. The van der Waals surface area contributed by atoms with Crippen LogP contribution < -0.4 is 5.32 Å². The number of ketones is 1. The van der Waals surface area contributed by atoms with Gasteiger partial charge in [-0.25, -0.2) is 4.79 Å². The van der Waals surface area contributed by atoms with Crippen molar-refractivity contribution in [2.45, 2.75) is 32.2 Å². The molecule has 0 saturated heterocycles. The summed E-state index contributed by atoms with van der Waals surface area (Å²) in [5.41, 5.74) is 0.835. The molecule has 0 saturated carbocycles. The summed E-state index contributed by atoms with van der Waals surface area (Å²) in [7, 11) is 0. The van der Waals surface area contributed by atoms with Crippen LogP contribution in [-0.4, -0.2) is 28.8 Å². The Hall–Kier alpha value is -2.17. The van der Waals surface area contributed by atoms with Crippen molar-refractivity contribution in [2.75, 3.05) is 0 Å². The Labute approximate surface area is 111 Å². The van der Waals surface area contributed by atoms with Crippen molar-refractivity contribution < 1.29 is 19.5 Å². The third-order valence-electron chi connectivity index (χ3n) is 2.62. The molecule has 1 aromatic carbocycles. The van der Waals surface area contributed by atoms with Crippen molar-refractivity contribution in [2.24, 2.45) is 0 Å². The van der Waals surface area contributed by atoms with E-state index in [1.807, 2.05) is 18.2 Å². The van der Waals surface area contributed by atoms with E-state index in [4.69, 9.17) is 5.11 Å². The van der Waals surface area contributed by atoms with Gasteiger partial charge in [-0.15, -0.1) is 0 Å². The van der Waals surface area contributed by atoms with Gasteiger partial charge < -0.3 is 15.2 Å². The maximum absolute atomic E-state index is 11.5. The van der Waals surface area contributed by atoms with E-state index in [-0.39, 0.29) is 25.0 Å². The highest BCUT2D eigenvalue weighted by molar-refractivity contribution is 5.86. The summed E-state index contributed by atoms with van der Waals surface area (Å²) >= 11 is 0. The summed E-state index contributed by atoms with van der Waals surface area (Å²) in [6.45, 7) is 1.39. The molecular weight excluding hydrogens is 246 g/mol.